The molecular formula is C21H17N7O5S4. The van der Waals surface area contributed by atoms with Gasteiger partial charge in [-0.3, -0.25) is 14.5 Å². The van der Waals surface area contributed by atoms with E-state index in [9.17, 15) is 19.5 Å². The predicted octanol–water partition coefficient (Wildman–Crippen LogP) is 2.08. The molecule has 1 fully saturated rings. The number of oxime groups is 1. The van der Waals surface area contributed by atoms with Crippen LogP contribution in [0.3, 0.4) is 0 Å². The third kappa shape index (κ3) is 4.92. The first-order valence-corrected chi connectivity index (χ1v) is 14.0. The van der Waals surface area contributed by atoms with Crippen LogP contribution >= 0.6 is 46.2 Å². The molecular weight excluding hydrogens is 559 g/mol. The first-order chi connectivity index (χ1) is 17.9. The number of benzene rings is 1. The lowest BCUT2D eigenvalue weighted by Gasteiger charge is -2.49. The number of aromatic nitrogens is 3. The van der Waals surface area contributed by atoms with Crippen LogP contribution in [0.2, 0.25) is 0 Å². The lowest BCUT2D eigenvalue weighted by Crippen LogP contribution is -2.71. The summed E-state index contributed by atoms with van der Waals surface area (Å²) in [5.74, 6) is -2.15. The van der Waals surface area contributed by atoms with Crippen molar-refractivity contribution in [2.45, 2.75) is 15.8 Å². The normalized spacial score (nSPS) is 19.3. The molecule has 4 heterocycles. The zero-order chi connectivity index (χ0) is 26.1. The van der Waals surface area contributed by atoms with Gasteiger partial charge in [-0.05, 0) is 0 Å². The van der Waals surface area contributed by atoms with E-state index in [0.717, 1.165) is 16.9 Å². The Morgan fingerprint density at radius 1 is 1.30 bits per heavy atom. The molecule has 2 amide bonds. The molecule has 37 heavy (non-hydrogen) atoms. The van der Waals surface area contributed by atoms with E-state index in [1.165, 1.54) is 46.9 Å². The Hall–Kier alpha value is -3.47. The smallest absolute Gasteiger partial charge is 0.353 e. The molecule has 1 saturated heterocycles. The number of thioether (sulfide) groups is 2. The number of nitrogens with zero attached hydrogens (tertiary/aromatic N) is 5. The van der Waals surface area contributed by atoms with Crippen molar-refractivity contribution >= 4 is 74.8 Å². The number of thiazole rings is 1. The van der Waals surface area contributed by atoms with E-state index in [1.54, 1.807) is 5.38 Å². The van der Waals surface area contributed by atoms with Crippen LogP contribution in [0.25, 0.3) is 10.6 Å². The summed E-state index contributed by atoms with van der Waals surface area (Å²) >= 11 is 4.98. The maximum absolute atomic E-state index is 13.0. The van der Waals surface area contributed by atoms with Crippen molar-refractivity contribution in [2.24, 2.45) is 5.16 Å². The highest BCUT2D eigenvalue weighted by Crippen LogP contribution is 2.46. The SMILES string of the molecule is CO/N=C(/C(=O)N[C@@H]1C(=O)N2C(C(=O)O)=C(Sc3nnc(-c4ccccc4)s3)CS[C@H]12)c1csc(N)n1. The first kappa shape index (κ1) is 25.2. The van der Waals surface area contributed by atoms with Crippen LogP contribution in [-0.4, -0.2) is 73.0 Å². The number of carbonyl (C=O) groups excluding carboxylic acids is 2. The molecule has 0 unspecified atom stereocenters. The molecule has 0 aliphatic carbocycles. The van der Waals surface area contributed by atoms with Crippen molar-refractivity contribution in [3.63, 3.8) is 0 Å². The second kappa shape index (κ2) is 10.5. The fourth-order valence-corrected chi connectivity index (χ4v) is 7.67. The number of amides is 2. The number of nitrogen functional groups attached to an aromatic ring is 1. The number of nitrogens with two attached hydrogens (primary N) is 1. The lowest BCUT2D eigenvalue weighted by molar-refractivity contribution is -0.150. The summed E-state index contributed by atoms with van der Waals surface area (Å²) in [7, 11) is 1.28. The molecule has 1 aromatic carbocycles. The van der Waals surface area contributed by atoms with E-state index in [4.69, 9.17) is 10.6 Å². The second-order valence-electron chi connectivity index (χ2n) is 7.47. The van der Waals surface area contributed by atoms with E-state index in [0.29, 0.717) is 20.0 Å². The fourth-order valence-electron chi connectivity index (χ4n) is 3.62. The monoisotopic (exact) mass is 575 g/mol. The van der Waals surface area contributed by atoms with Crippen LogP contribution in [0.4, 0.5) is 5.13 Å². The van der Waals surface area contributed by atoms with Gasteiger partial charge in [-0.15, -0.1) is 33.3 Å². The van der Waals surface area contributed by atoms with Gasteiger partial charge in [0.15, 0.2) is 15.2 Å². The predicted molar refractivity (Wildman–Crippen MR) is 141 cm³/mol. The minimum atomic E-state index is -1.24. The number of hydrogen-bond acceptors (Lipinski definition) is 13. The molecule has 2 aliphatic rings. The van der Waals surface area contributed by atoms with Crippen molar-refractivity contribution in [2.75, 3.05) is 18.6 Å². The standard InChI is InChI=1S/C21H17N7O5S4/c1-33-27-12(10-7-35-20(22)23-10)15(29)24-13-17(30)28-14(19(31)32)11(8-34-18(13)28)36-21-26-25-16(37-21)9-5-3-2-4-6-9/h2-7,13,18H,8H2,1H3,(H2,22,23)(H,24,29)(H,31,32)/b27-12+/t13-,18-/m1/s1. The topological polar surface area (TPSA) is 173 Å². The summed E-state index contributed by atoms with van der Waals surface area (Å²) in [6.07, 6.45) is 0. The number of carboxylic acids is 1. The third-order valence-corrected chi connectivity index (χ3v) is 9.47. The van der Waals surface area contributed by atoms with Gasteiger partial charge >= 0.3 is 5.97 Å². The number of nitrogens with one attached hydrogen (secondary N) is 1. The quantitative estimate of drug-likeness (QED) is 0.204. The molecule has 2 atom stereocenters. The average molecular weight is 576 g/mol. The summed E-state index contributed by atoms with van der Waals surface area (Å²) in [6.45, 7) is 0. The molecule has 0 bridgehead atoms. The number of fused-ring (bicyclic) bond motifs is 1. The van der Waals surface area contributed by atoms with Gasteiger partial charge in [0.25, 0.3) is 11.8 Å². The van der Waals surface area contributed by atoms with Crippen molar-refractivity contribution in [1.82, 2.24) is 25.4 Å². The van der Waals surface area contributed by atoms with Gasteiger partial charge in [-0.2, -0.15) is 0 Å². The Balaban J connectivity index is 1.33. The minimum absolute atomic E-state index is 0.126. The Morgan fingerprint density at radius 3 is 2.76 bits per heavy atom. The van der Waals surface area contributed by atoms with E-state index >= 15 is 0 Å². The van der Waals surface area contributed by atoms with Gasteiger partial charge in [0, 0.05) is 21.6 Å². The minimum Gasteiger partial charge on any atom is -0.477 e. The Labute approximate surface area is 226 Å². The largest absolute Gasteiger partial charge is 0.477 e. The maximum atomic E-state index is 13.0. The molecule has 2 aliphatic heterocycles. The van der Waals surface area contributed by atoms with E-state index in [1.807, 2.05) is 30.3 Å². The highest BCUT2D eigenvalue weighted by Gasteiger charge is 2.54. The molecule has 16 heteroatoms. The van der Waals surface area contributed by atoms with Crippen molar-refractivity contribution < 1.29 is 24.3 Å². The van der Waals surface area contributed by atoms with Crippen molar-refractivity contribution in [3.05, 3.63) is 52.0 Å². The molecule has 0 spiro atoms. The van der Waals surface area contributed by atoms with Crippen LogP contribution < -0.4 is 11.1 Å². The summed E-state index contributed by atoms with van der Waals surface area (Å²) < 4.78 is 0.562. The van der Waals surface area contributed by atoms with Gasteiger partial charge in [-0.1, -0.05) is 58.6 Å². The second-order valence-corrected chi connectivity index (χ2v) is 11.8. The number of carboxylic acid groups (broad SMARTS) is 1. The number of β-lactam (4-membered cyclic amide) rings is 1. The summed E-state index contributed by atoms with van der Waals surface area (Å²) in [5, 5.41) is 26.6. The van der Waals surface area contributed by atoms with Gasteiger partial charge in [0.2, 0.25) is 0 Å². The van der Waals surface area contributed by atoms with Crippen LogP contribution in [0.1, 0.15) is 5.69 Å². The molecule has 0 radical (unpaired) electrons. The van der Waals surface area contributed by atoms with Crippen LogP contribution in [0.5, 0.6) is 0 Å². The zero-order valence-corrected chi connectivity index (χ0v) is 22.1. The van der Waals surface area contributed by atoms with E-state index < -0.39 is 29.2 Å². The van der Waals surface area contributed by atoms with Crippen molar-refractivity contribution in [3.8, 4) is 10.6 Å². The molecule has 2 aromatic heterocycles. The summed E-state index contributed by atoms with van der Waals surface area (Å²) in [4.78, 5) is 48.5. The Bertz CT molecular complexity index is 1440. The molecule has 3 aromatic rings. The van der Waals surface area contributed by atoms with Crippen LogP contribution in [0, 0.1) is 0 Å². The maximum Gasteiger partial charge on any atom is 0.353 e. The zero-order valence-electron chi connectivity index (χ0n) is 18.9. The average Bonchev–Trinajstić information content (AvgIpc) is 3.54. The summed E-state index contributed by atoms with van der Waals surface area (Å²) in [6, 6.07) is 8.58. The molecule has 5 rings (SSSR count). The van der Waals surface area contributed by atoms with Crippen molar-refractivity contribution in [1.29, 1.82) is 0 Å². The number of carbonyl (C=O) groups is 3. The first-order valence-electron chi connectivity index (χ1n) is 10.5. The molecule has 190 valence electrons. The van der Waals surface area contributed by atoms with Gasteiger partial charge in [0.05, 0.1) is 0 Å². The number of hydrogen-bond donors (Lipinski definition) is 3. The molecule has 4 N–H and O–H groups in total. The highest BCUT2D eigenvalue weighted by atomic mass is 32.2. The molecule has 0 saturated carbocycles. The highest BCUT2D eigenvalue weighted by molar-refractivity contribution is 8.07. The van der Waals surface area contributed by atoms with Crippen LogP contribution in [0.15, 0.2) is 55.8 Å². The van der Waals surface area contributed by atoms with Crippen LogP contribution in [-0.2, 0) is 19.2 Å². The van der Waals surface area contributed by atoms with Gasteiger partial charge in [0.1, 0.15) is 34.9 Å². The third-order valence-electron chi connectivity index (χ3n) is 5.22. The fraction of sp³-hybridized carbons (Fsp3) is 0.190. The van der Waals surface area contributed by atoms with Gasteiger partial charge in [-0.25, -0.2) is 9.78 Å². The lowest BCUT2D eigenvalue weighted by atomic mass is 10.0. The number of anilines is 1. The van der Waals surface area contributed by atoms with E-state index in [2.05, 4.69) is 25.7 Å². The van der Waals surface area contributed by atoms with E-state index in [-0.39, 0.29) is 22.2 Å². The Kier molecular flexibility index (Phi) is 7.14. The summed E-state index contributed by atoms with van der Waals surface area (Å²) in [5.41, 5.74) is 6.50. The molecule has 12 nitrogen and oxygen atoms in total. The number of rotatable bonds is 8. The van der Waals surface area contributed by atoms with Gasteiger partial charge < -0.3 is 21.0 Å². The Morgan fingerprint density at radius 2 is 2.08 bits per heavy atom. The number of aliphatic carboxylic acids is 1.